The maximum atomic E-state index is 6.93. The van der Waals surface area contributed by atoms with E-state index in [1.807, 2.05) is 54.6 Å². The van der Waals surface area contributed by atoms with E-state index < -0.39 is 8.15 Å². The number of para-hydroxylation sites is 7. The molecule has 0 N–H and O–H groups in total. The van der Waals surface area contributed by atoms with Gasteiger partial charge in [-0.3, -0.25) is 9.13 Å². The highest BCUT2D eigenvalue weighted by Crippen LogP contribution is 2.39. The predicted molar refractivity (Wildman–Crippen MR) is 206 cm³/mol. The number of imidazole rings is 2. The zero-order valence-electron chi connectivity index (χ0n) is 27.0. The molecule has 9 rings (SSSR count). The number of hydrogen-bond donors (Lipinski definition) is 0. The highest BCUT2D eigenvalue weighted by atomic mass is 31.1. The second kappa shape index (κ2) is 13.0. The molecule has 9 aromatic rings. The van der Waals surface area contributed by atoms with Gasteiger partial charge in [-0.05, 0) is 72.8 Å². The summed E-state index contributed by atoms with van der Waals surface area (Å²) in [5.74, 6) is 2.60. The summed E-state index contributed by atoms with van der Waals surface area (Å²) >= 11 is 0. The average Bonchev–Trinajstić information content (AvgIpc) is 3.78. The van der Waals surface area contributed by atoms with Gasteiger partial charge in [0.15, 0.2) is 8.15 Å². The van der Waals surface area contributed by atoms with Crippen molar-refractivity contribution >= 4 is 40.8 Å². The third kappa shape index (κ3) is 5.54. The van der Waals surface area contributed by atoms with Crippen LogP contribution >= 0.6 is 8.15 Å². The first-order valence-corrected chi connectivity index (χ1v) is 17.9. The molecule has 0 aliphatic rings. The standard InChI is InChI=1S/C44H31N4OP/c1-4-18-34(19-5-1)47-41-28-12-10-26-39(41)45-43(47)32-16-14-24-37(30-32)50(49-36-22-8-3-9-23-36)38-25-15-17-33(31-38)44-46-40-27-11-13-29-42(40)48(44)35-20-6-2-7-21-35/h1-31H. The molecule has 2 aromatic heterocycles. The Hall–Kier alpha value is -6.29. The minimum Gasteiger partial charge on any atom is -0.464 e. The Morgan fingerprint density at radius 1 is 0.400 bits per heavy atom. The van der Waals surface area contributed by atoms with Crippen molar-refractivity contribution in [2.75, 3.05) is 0 Å². The molecule has 0 radical (unpaired) electrons. The first-order chi connectivity index (χ1) is 24.8. The minimum absolute atomic E-state index is 0.822. The Morgan fingerprint density at radius 3 is 1.30 bits per heavy atom. The number of benzene rings is 7. The van der Waals surface area contributed by atoms with Crippen LogP contribution in [0.1, 0.15) is 0 Å². The molecule has 0 fully saturated rings. The molecule has 0 aliphatic heterocycles. The van der Waals surface area contributed by atoms with Crippen LogP contribution in [-0.4, -0.2) is 19.1 Å². The molecular formula is C44H31N4OP. The predicted octanol–water partition coefficient (Wildman–Crippen LogP) is 10.1. The van der Waals surface area contributed by atoms with Crippen molar-refractivity contribution in [2.45, 2.75) is 0 Å². The Kier molecular flexibility index (Phi) is 7.73. The number of fused-ring (bicyclic) bond motifs is 2. The van der Waals surface area contributed by atoms with Gasteiger partial charge in [-0.25, -0.2) is 9.97 Å². The highest BCUT2D eigenvalue weighted by Gasteiger charge is 2.22. The lowest BCUT2D eigenvalue weighted by molar-refractivity contribution is 0.630. The van der Waals surface area contributed by atoms with Crippen molar-refractivity contribution in [1.29, 1.82) is 0 Å². The van der Waals surface area contributed by atoms with Gasteiger partial charge < -0.3 is 4.52 Å². The summed E-state index contributed by atoms with van der Waals surface area (Å²) in [7, 11) is -1.29. The van der Waals surface area contributed by atoms with Gasteiger partial charge in [-0.15, -0.1) is 0 Å². The number of nitrogens with zero attached hydrogens (tertiary/aromatic N) is 4. The van der Waals surface area contributed by atoms with E-state index in [1.165, 1.54) is 0 Å². The summed E-state index contributed by atoms with van der Waals surface area (Å²) in [5.41, 5.74) is 8.22. The zero-order valence-corrected chi connectivity index (χ0v) is 27.9. The summed E-state index contributed by atoms with van der Waals surface area (Å²) in [4.78, 5) is 10.3. The van der Waals surface area contributed by atoms with Crippen LogP contribution in [0.5, 0.6) is 5.75 Å². The van der Waals surface area contributed by atoms with Gasteiger partial charge in [0, 0.05) is 33.1 Å². The molecule has 0 spiro atoms. The minimum atomic E-state index is -1.29. The fraction of sp³-hybridized carbons (Fsp3) is 0. The summed E-state index contributed by atoms with van der Waals surface area (Å²) in [6.07, 6.45) is 0. The van der Waals surface area contributed by atoms with E-state index in [-0.39, 0.29) is 0 Å². The molecule has 0 saturated heterocycles. The lowest BCUT2D eigenvalue weighted by Gasteiger charge is -2.21. The van der Waals surface area contributed by atoms with Crippen LogP contribution in [0, 0.1) is 0 Å². The molecule has 6 heteroatoms. The van der Waals surface area contributed by atoms with Gasteiger partial charge in [0.05, 0.1) is 22.1 Å². The lowest BCUT2D eigenvalue weighted by Crippen LogP contribution is -2.16. The first kappa shape index (κ1) is 29.8. The maximum Gasteiger partial charge on any atom is 0.150 e. The van der Waals surface area contributed by atoms with Crippen molar-refractivity contribution in [1.82, 2.24) is 19.1 Å². The van der Waals surface area contributed by atoms with Crippen molar-refractivity contribution in [3.05, 3.63) is 188 Å². The van der Waals surface area contributed by atoms with E-state index in [0.717, 1.165) is 72.6 Å². The SMILES string of the molecule is c1ccc(OP(c2cccc(-c3nc4ccccc4n3-c3ccccc3)c2)c2cccc(-c3nc4ccccc4n3-c3ccccc3)c2)cc1. The van der Waals surface area contributed by atoms with Gasteiger partial charge in [0.1, 0.15) is 17.4 Å². The van der Waals surface area contributed by atoms with Crippen LogP contribution in [0.4, 0.5) is 0 Å². The van der Waals surface area contributed by atoms with Crippen molar-refractivity contribution in [2.24, 2.45) is 0 Å². The number of hydrogen-bond acceptors (Lipinski definition) is 3. The average molecular weight is 663 g/mol. The van der Waals surface area contributed by atoms with Crippen LogP contribution in [0.2, 0.25) is 0 Å². The molecule has 0 bridgehead atoms. The van der Waals surface area contributed by atoms with Crippen LogP contribution in [0.25, 0.3) is 56.2 Å². The van der Waals surface area contributed by atoms with Gasteiger partial charge in [0.2, 0.25) is 0 Å². The molecule has 0 aliphatic carbocycles. The summed E-state index contributed by atoms with van der Waals surface area (Å²) in [6, 6.07) is 64.8. The van der Waals surface area contributed by atoms with E-state index in [9.17, 15) is 0 Å². The molecule has 0 saturated carbocycles. The largest absolute Gasteiger partial charge is 0.464 e. The summed E-state index contributed by atoms with van der Waals surface area (Å²) < 4.78 is 11.4. The number of rotatable bonds is 8. The molecular weight excluding hydrogens is 631 g/mol. The highest BCUT2D eigenvalue weighted by molar-refractivity contribution is 7.68. The van der Waals surface area contributed by atoms with Gasteiger partial charge in [0.25, 0.3) is 0 Å². The second-order valence-electron chi connectivity index (χ2n) is 12.0. The normalized spacial score (nSPS) is 11.4. The van der Waals surface area contributed by atoms with Crippen molar-refractivity contribution in [3.63, 3.8) is 0 Å². The van der Waals surface area contributed by atoms with Crippen LogP contribution in [-0.2, 0) is 0 Å². The van der Waals surface area contributed by atoms with Crippen molar-refractivity contribution in [3.8, 4) is 39.9 Å². The summed E-state index contributed by atoms with van der Waals surface area (Å²) in [6.45, 7) is 0. The zero-order chi connectivity index (χ0) is 33.3. The quantitative estimate of drug-likeness (QED) is 0.152. The fourth-order valence-electron chi connectivity index (χ4n) is 6.50. The molecule has 0 atom stereocenters. The molecule has 50 heavy (non-hydrogen) atoms. The van der Waals surface area contributed by atoms with Crippen LogP contribution in [0.3, 0.4) is 0 Å². The van der Waals surface area contributed by atoms with Crippen molar-refractivity contribution < 1.29 is 4.52 Å². The van der Waals surface area contributed by atoms with Gasteiger partial charge in [-0.1, -0.05) is 115 Å². The lowest BCUT2D eigenvalue weighted by atomic mass is 10.2. The monoisotopic (exact) mass is 662 g/mol. The van der Waals surface area contributed by atoms with E-state index in [0.29, 0.717) is 0 Å². The fourth-order valence-corrected chi connectivity index (χ4v) is 8.30. The Balaban J connectivity index is 1.19. The van der Waals surface area contributed by atoms with E-state index in [2.05, 4.69) is 143 Å². The van der Waals surface area contributed by atoms with Crippen LogP contribution < -0.4 is 15.1 Å². The van der Waals surface area contributed by atoms with Gasteiger partial charge in [-0.2, -0.15) is 0 Å². The van der Waals surface area contributed by atoms with Gasteiger partial charge >= 0.3 is 0 Å². The summed E-state index contributed by atoms with van der Waals surface area (Å²) in [5, 5.41) is 2.17. The molecule has 0 unspecified atom stereocenters. The second-order valence-corrected chi connectivity index (χ2v) is 13.8. The molecule has 0 amide bonds. The molecule has 7 aromatic carbocycles. The van der Waals surface area contributed by atoms with E-state index in [4.69, 9.17) is 14.5 Å². The Morgan fingerprint density at radius 2 is 0.820 bits per heavy atom. The smallest absolute Gasteiger partial charge is 0.150 e. The molecule has 5 nitrogen and oxygen atoms in total. The Bertz CT molecular complexity index is 2420. The van der Waals surface area contributed by atoms with Crippen LogP contribution in [0.15, 0.2) is 188 Å². The first-order valence-electron chi connectivity index (χ1n) is 16.6. The van der Waals surface area contributed by atoms with E-state index >= 15 is 0 Å². The van der Waals surface area contributed by atoms with E-state index in [1.54, 1.807) is 0 Å². The third-order valence-corrected chi connectivity index (χ3v) is 10.7. The Labute approximate surface area is 291 Å². The third-order valence-electron chi connectivity index (χ3n) is 8.77. The molecule has 2 heterocycles. The molecule has 238 valence electrons. The topological polar surface area (TPSA) is 44.9 Å². The maximum absolute atomic E-state index is 6.93. The number of aromatic nitrogens is 4.